The second-order valence-corrected chi connectivity index (χ2v) is 3.63. The van der Waals surface area contributed by atoms with Crippen LogP contribution in [0.25, 0.3) is 0 Å². The van der Waals surface area contributed by atoms with E-state index in [2.05, 4.69) is 5.32 Å². The molecule has 1 amide bonds. The molecule has 0 radical (unpaired) electrons. The third kappa shape index (κ3) is 2.10. The van der Waals surface area contributed by atoms with Crippen LogP contribution in [0.15, 0.2) is 24.3 Å². The van der Waals surface area contributed by atoms with Gasteiger partial charge < -0.3 is 5.32 Å². The highest BCUT2D eigenvalue weighted by atomic mass is 19.1. The van der Waals surface area contributed by atoms with E-state index in [0.717, 1.165) is 0 Å². The molecule has 1 aromatic carbocycles. The van der Waals surface area contributed by atoms with Crippen LogP contribution in [0.3, 0.4) is 0 Å². The van der Waals surface area contributed by atoms with Gasteiger partial charge in [-0.2, -0.15) is 0 Å². The van der Waals surface area contributed by atoms with Crippen molar-refractivity contribution in [2.24, 2.45) is 5.92 Å². The van der Waals surface area contributed by atoms with Crippen LogP contribution in [0, 0.1) is 11.7 Å². The van der Waals surface area contributed by atoms with Crippen molar-refractivity contribution in [2.45, 2.75) is 12.8 Å². The lowest BCUT2D eigenvalue weighted by Gasteiger charge is -2.04. The summed E-state index contributed by atoms with van der Waals surface area (Å²) in [4.78, 5) is 11.4. The molecule has 1 saturated carbocycles. The molecule has 0 spiro atoms. The average molecular weight is 193 g/mol. The zero-order chi connectivity index (χ0) is 9.97. The molecule has 0 saturated heterocycles. The summed E-state index contributed by atoms with van der Waals surface area (Å²) in [5.41, 5.74) is 0.133. The topological polar surface area (TPSA) is 29.1 Å². The van der Waals surface area contributed by atoms with Gasteiger partial charge in [-0.3, -0.25) is 4.79 Å². The zero-order valence-corrected chi connectivity index (χ0v) is 7.79. The molecule has 74 valence electrons. The summed E-state index contributed by atoms with van der Waals surface area (Å²) >= 11 is 0. The minimum Gasteiger partial charge on any atom is -0.352 e. The monoisotopic (exact) mass is 193 g/mol. The summed E-state index contributed by atoms with van der Waals surface area (Å²) in [6.07, 6.45) is 2.36. The Morgan fingerprint density at radius 3 is 2.79 bits per heavy atom. The van der Waals surface area contributed by atoms with Gasteiger partial charge in [0.25, 0.3) is 5.91 Å². The number of amides is 1. The molecule has 1 aromatic rings. The highest BCUT2D eigenvalue weighted by Gasteiger charge is 2.22. The van der Waals surface area contributed by atoms with Crippen molar-refractivity contribution in [1.82, 2.24) is 5.32 Å². The van der Waals surface area contributed by atoms with Gasteiger partial charge in [0.15, 0.2) is 0 Å². The van der Waals surface area contributed by atoms with E-state index in [0.29, 0.717) is 12.5 Å². The summed E-state index contributed by atoms with van der Waals surface area (Å²) in [6.45, 7) is 0.674. The maximum Gasteiger partial charge on any atom is 0.254 e. The van der Waals surface area contributed by atoms with E-state index in [4.69, 9.17) is 0 Å². The highest BCUT2D eigenvalue weighted by Crippen LogP contribution is 2.27. The Hall–Kier alpha value is -1.38. The number of benzene rings is 1. The number of rotatable bonds is 3. The van der Waals surface area contributed by atoms with Crippen LogP contribution in [0.4, 0.5) is 4.39 Å². The molecule has 2 nitrogen and oxygen atoms in total. The fraction of sp³-hybridized carbons (Fsp3) is 0.364. The minimum absolute atomic E-state index is 0.133. The molecule has 0 bridgehead atoms. The second kappa shape index (κ2) is 3.78. The first-order valence-corrected chi connectivity index (χ1v) is 4.80. The molecule has 0 unspecified atom stereocenters. The van der Waals surface area contributed by atoms with Crippen molar-refractivity contribution in [2.75, 3.05) is 6.54 Å². The third-order valence-electron chi connectivity index (χ3n) is 2.37. The van der Waals surface area contributed by atoms with Gasteiger partial charge in [0.05, 0.1) is 5.56 Å². The van der Waals surface area contributed by atoms with Crippen LogP contribution in [0.1, 0.15) is 23.2 Å². The molecule has 3 heteroatoms. The van der Waals surface area contributed by atoms with Crippen molar-refractivity contribution in [3.63, 3.8) is 0 Å². The van der Waals surface area contributed by atoms with Gasteiger partial charge in [-0.05, 0) is 30.9 Å². The van der Waals surface area contributed by atoms with E-state index >= 15 is 0 Å². The van der Waals surface area contributed by atoms with Crippen molar-refractivity contribution in [3.05, 3.63) is 35.6 Å². The molecule has 1 aliphatic carbocycles. The lowest BCUT2D eigenvalue weighted by Crippen LogP contribution is -2.26. The molecule has 0 atom stereocenters. The average Bonchev–Trinajstić information content (AvgIpc) is 2.98. The Labute approximate surface area is 82.1 Å². The van der Waals surface area contributed by atoms with E-state index in [9.17, 15) is 9.18 Å². The minimum atomic E-state index is -0.458. The number of hydrogen-bond acceptors (Lipinski definition) is 1. The van der Waals surface area contributed by atoms with Gasteiger partial charge in [-0.1, -0.05) is 12.1 Å². The SMILES string of the molecule is O=C(NCC1CC1)c1ccccc1F. The first kappa shape index (κ1) is 9.19. The summed E-state index contributed by atoms with van der Waals surface area (Å²) in [7, 11) is 0. The number of carbonyl (C=O) groups excluding carboxylic acids is 1. The summed E-state index contributed by atoms with van der Waals surface area (Å²) < 4.78 is 13.1. The standard InChI is InChI=1S/C11H12FNO/c12-10-4-2-1-3-9(10)11(14)13-7-8-5-6-8/h1-4,8H,5-7H2,(H,13,14). The Bertz CT molecular complexity index is 347. The van der Waals surface area contributed by atoms with Crippen LogP contribution < -0.4 is 5.32 Å². The van der Waals surface area contributed by atoms with E-state index in [1.54, 1.807) is 12.1 Å². The van der Waals surface area contributed by atoms with Crippen molar-refractivity contribution in [3.8, 4) is 0 Å². The van der Waals surface area contributed by atoms with E-state index < -0.39 is 5.82 Å². The summed E-state index contributed by atoms with van der Waals surface area (Å²) in [5, 5.41) is 2.72. The molecule has 14 heavy (non-hydrogen) atoms. The van der Waals surface area contributed by atoms with Crippen LogP contribution in [-0.2, 0) is 0 Å². The zero-order valence-electron chi connectivity index (χ0n) is 7.79. The van der Waals surface area contributed by atoms with Crippen LogP contribution in [-0.4, -0.2) is 12.5 Å². The number of hydrogen-bond donors (Lipinski definition) is 1. The van der Waals surface area contributed by atoms with Gasteiger partial charge in [0.2, 0.25) is 0 Å². The van der Waals surface area contributed by atoms with Crippen LogP contribution in [0.2, 0.25) is 0 Å². The Morgan fingerprint density at radius 1 is 1.43 bits per heavy atom. The molecule has 2 rings (SSSR count). The maximum absolute atomic E-state index is 13.1. The molecule has 1 aliphatic rings. The Morgan fingerprint density at radius 2 is 2.14 bits per heavy atom. The fourth-order valence-electron chi connectivity index (χ4n) is 1.30. The quantitative estimate of drug-likeness (QED) is 0.781. The predicted octanol–water partition coefficient (Wildman–Crippen LogP) is 1.97. The Balaban J connectivity index is 1.98. The summed E-state index contributed by atoms with van der Waals surface area (Å²) in [6, 6.07) is 6.03. The Kier molecular flexibility index (Phi) is 2.48. The molecule has 0 aliphatic heterocycles. The van der Waals surface area contributed by atoms with Crippen LogP contribution >= 0.6 is 0 Å². The molecule has 0 heterocycles. The maximum atomic E-state index is 13.1. The largest absolute Gasteiger partial charge is 0.352 e. The smallest absolute Gasteiger partial charge is 0.254 e. The third-order valence-corrected chi connectivity index (χ3v) is 2.37. The molecule has 0 aromatic heterocycles. The number of carbonyl (C=O) groups is 1. The normalized spacial score (nSPS) is 15.2. The predicted molar refractivity (Wildman–Crippen MR) is 51.5 cm³/mol. The molecule has 1 fully saturated rings. The first-order chi connectivity index (χ1) is 6.77. The van der Waals surface area contributed by atoms with E-state index in [1.807, 2.05) is 0 Å². The van der Waals surface area contributed by atoms with Crippen molar-refractivity contribution in [1.29, 1.82) is 0 Å². The second-order valence-electron chi connectivity index (χ2n) is 3.63. The first-order valence-electron chi connectivity index (χ1n) is 4.80. The molecule has 1 N–H and O–H groups in total. The number of nitrogens with one attached hydrogen (secondary N) is 1. The van der Waals surface area contributed by atoms with Crippen LogP contribution in [0.5, 0.6) is 0 Å². The van der Waals surface area contributed by atoms with Crippen molar-refractivity contribution >= 4 is 5.91 Å². The van der Waals surface area contributed by atoms with E-state index in [1.165, 1.54) is 25.0 Å². The highest BCUT2D eigenvalue weighted by molar-refractivity contribution is 5.94. The van der Waals surface area contributed by atoms with Gasteiger partial charge in [-0.25, -0.2) is 4.39 Å². The number of halogens is 1. The van der Waals surface area contributed by atoms with E-state index in [-0.39, 0.29) is 11.5 Å². The van der Waals surface area contributed by atoms with Crippen molar-refractivity contribution < 1.29 is 9.18 Å². The van der Waals surface area contributed by atoms with Gasteiger partial charge >= 0.3 is 0 Å². The summed E-state index contributed by atoms with van der Waals surface area (Å²) in [5.74, 6) is -0.151. The van der Waals surface area contributed by atoms with Gasteiger partial charge in [-0.15, -0.1) is 0 Å². The molecular formula is C11H12FNO. The molecular weight excluding hydrogens is 181 g/mol. The lowest BCUT2D eigenvalue weighted by molar-refractivity contribution is 0.0948. The van der Waals surface area contributed by atoms with Gasteiger partial charge in [0.1, 0.15) is 5.82 Å². The lowest BCUT2D eigenvalue weighted by atomic mass is 10.2. The van der Waals surface area contributed by atoms with Gasteiger partial charge in [0, 0.05) is 6.54 Å². The fourth-order valence-corrected chi connectivity index (χ4v) is 1.30.